The molecule has 0 bridgehead atoms. The number of hydrogen-bond donors (Lipinski definition) is 1. The average molecular weight is 331 g/mol. The zero-order chi connectivity index (χ0) is 15.7. The van der Waals surface area contributed by atoms with Gasteiger partial charge in [-0.3, -0.25) is 9.69 Å². The summed E-state index contributed by atoms with van der Waals surface area (Å²) in [5, 5.41) is 9.84. The number of para-hydroxylation sites is 1. The zero-order valence-corrected chi connectivity index (χ0v) is 13.4. The Bertz CT molecular complexity index is 779. The number of thiocarbonyl (C=S) groups is 1. The Morgan fingerprint density at radius 1 is 1.32 bits per heavy atom. The summed E-state index contributed by atoms with van der Waals surface area (Å²) >= 11 is 6.44. The number of phenols is 1. The lowest BCUT2D eigenvalue weighted by Gasteiger charge is -2.09. The molecule has 0 atom stereocenters. The average Bonchev–Trinajstić information content (AvgIpc) is 3.05. The number of carbonyl (C=O) groups excluding carboxylic acids is 1. The Morgan fingerprint density at radius 2 is 2.09 bits per heavy atom. The van der Waals surface area contributed by atoms with Crippen LogP contribution in [0.1, 0.15) is 12.7 Å². The van der Waals surface area contributed by atoms with Crippen molar-refractivity contribution in [2.24, 2.45) is 0 Å². The molecule has 1 aliphatic rings. The smallest absolute Gasteiger partial charge is 0.266 e. The molecule has 1 saturated heterocycles. The fraction of sp³-hybridized carbons (Fsp3) is 0.125. The summed E-state index contributed by atoms with van der Waals surface area (Å²) in [5.41, 5.74) is 0.614. The zero-order valence-electron chi connectivity index (χ0n) is 11.8. The number of furan rings is 1. The lowest BCUT2D eigenvalue weighted by molar-refractivity contribution is -0.121. The van der Waals surface area contributed by atoms with Crippen LogP contribution < -0.4 is 0 Å². The molecule has 112 valence electrons. The SMILES string of the molecule is CCN1C(=O)/C(=C/c2ccc(-c3ccccc3O)o2)SC1=S. The molecule has 22 heavy (non-hydrogen) atoms. The van der Waals surface area contributed by atoms with E-state index in [9.17, 15) is 9.90 Å². The van der Waals surface area contributed by atoms with Crippen LogP contribution in [-0.4, -0.2) is 26.8 Å². The Morgan fingerprint density at radius 3 is 2.77 bits per heavy atom. The van der Waals surface area contributed by atoms with Crippen LogP contribution in [0, 0.1) is 0 Å². The molecule has 0 unspecified atom stereocenters. The summed E-state index contributed by atoms with van der Waals surface area (Å²) in [6.07, 6.45) is 1.68. The molecule has 0 spiro atoms. The summed E-state index contributed by atoms with van der Waals surface area (Å²) in [4.78, 5) is 14.3. The predicted octanol–water partition coefficient (Wildman–Crippen LogP) is 3.87. The molecule has 1 N–H and O–H groups in total. The Labute approximate surface area is 137 Å². The number of carbonyl (C=O) groups is 1. The van der Waals surface area contributed by atoms with Crippen molar-refractivity contribution in [3.05, 3.63) is 47.1 Å². The molecule has 1 aromatic heterocycles. The number of phenolic OH excluding ortho intramolecular Hbond substituents is 1. The molecule has 1 amide bonds. The van der Waals surface area contributed by atoms with Crippen molar-refractivity contribution < 1.29 is 14.3 Å². The van der Waals surface area contributed by atoms with Gasteiger partial charge in [-0.05, 0) is 31.2 Å². The van der Waals surface area contributed by atoms with E-state index in [1.165, 1.54) is 11.8 Å². The van der Waals surface area contributed by atoms with Crippen LogP contribution in [-0.2, 0) is 4.79 Å². The number of rotatable bonds is 3. The van der Waals surface area contributed by atoms with Crippen LogP contribution >= 0.6 is 24.0 Å². The minimum absolute atomic E-state index is 0.0991. The van der Waals surface area contributed by atoms with Crippen molar-refractivity contribution in [1.82, 2.24) is 4.90 Å². The maximum absolute atomic E-state index is 12.1. The van der Waals surface area contributed by atoms with Gasteiger partial charge in [0.05, 0.1) is 10.5 Å². The van der Waals surface area contributed by atoms with Crippen LogP contribution in [0.4, 0.5) is 0 Å². The first-order chi connectivity index (χ1) is 10.6. The fourth-order valence-corrected chi connectivity index (χ4v) is 3.52. The molecular formula is C16H13NO3S2. The minimum atomic E-state index is -0.0991. The van der Waals surface area contributed by atoms with Gasteiger partial charge in [-0.2, -0.15) is 0 Å². The molecule has 4 nitrogen and oxygen atoms in total. The van der Waals surface area contributed by atoms with E-state index < -0.39 is 0 Å². The van der Waals surface area contributed by atoms with Gasteiger partial charge in [0.15, 0.2) is 0 Å². The van der Waals surface area contributed by atoms with Crippen molar-refractivity contribution in [1.29, 1.82) is 0 Å². The maximum Gasteiger partial charge on any atom is 0.266 e. The highest BCUT2D eigenvalue weighted by Crippen LogP contribution is 2.34. The Balaban J connectivity index is 1.90. The molecule has 0 aliphatic carbocycles. The number of amides is 1. The lowest BCUT2D eigenvalue weighted by atomic mass is 10.1. The summed E-state index contributed by atoms with van der Waals surface area (Å²) in [7, 11) is 0. The van der Waals surface area contributed by atoms with Gasteiger partial charge < -0.3 is 9.52 Å². The molecule has 1 fully saturated rings. The highest BCUT2D eigenvalue weighted by atomic mass is 32.2. The molecule has 1 aromatic carbocycles. The number of thioether (sulfide) groups is 1. The van der Waals surface area contributed by atoms with Gasteiger partial charge in [0.2, 0.25) is 0 Å². The van der Waals surface area contributed by atoms with E-state index in [2.05, 4.69) is 0 Å². The van der Waals surface area contributed by atoms with Gasteiger partial charge in [0, 0.05) is 12.6 Å². The van der Waals surface area contributed by atoms with Crippen LogP contribution in [0.25, 0.3) is 17.4 Å². The van der Waals surface area contributed by atoms with Gasteiger partial charge in [-0.15, -0.1) is 0 Å². The summed E-state index contributed by atoms with van der Waals surface area (Å²) in [5.74, 6) is 1.16. The monoisotopic (exact) mass is 331 g/mol. The minimum Gasteiger partial charge on any atom is -0.507 e. The standard InChI is InChI=1S/C16H13NO3S2/c1-2-17-15(19)14(22-16(17)21)9-10-7-8-13(20-10)11-5-3-4-6-12(11)18/h3-9,18H,2H2,1H3/b14-9-. The van der Waals surface area contributed by atoms with E-state index >= 15 is 0 Å². The van der Waals surface area contributed by atoms with Crippen molar-refractivity contribution in [2.45, 2.75) is 6.92 Å². The topological polar surface area (TPSA) is 53.7 Å². The first-order valence-corrected chi connectivity index (χ1v) is 7.96. The van der Waals surface area contributed by atoms with Crippen LogP contribution in [0.15, 0.2) is 45.7 Å². The second-order valence-electron chi connectivity index (χ2n) is 4.65. The lowest BCUT2D eigenvalue weighted by Crippen LogP contribution is -2.27. The molecule has 2 heterocycles. The molecular weight excluding hydrogens is 318 g/mol. The first kappa shape index (κ1) is 14.9. The van der Waals surface area contributed by atoms with Crippen LogP contribution in [0.3, 0.4) is 0 Å². The van der Waals surface area contributed by atoms with Gasteiger partial charge in [0.25, 0.3) is 5.91 Å². The fourth-order valence-electron chi connectivity index (χ4n) is 2.16. The van der Waals surface area contributed by atoms with Gasteiger partial charge in [0.1, 0.15) is 21.6 Å². The van der Waals surface area contributed by atoms with Crippen molar-refractivity contribution in [3.8, 4) is 17.1 Å². The Hall–Kier alpha value is -2.05. The summed E-state index contributed by atoms with van der Waals surface area (Å²) in [6.45, 7) is 2.44. The molecule has 2 aromatic rings. The van der Waals surface area contributed by atoms with Crippen molar-refractivity contribution in [2.75, 3.05) is 6.54 Å². The third-order valence-electron chi connectivity index (χ3n) is 3.26. The van der Waals surface area contributed by atoms with Gasteiger partial charge >= 0.3 is 0 Å². The molecule has 0 saturated carbocycles. The largest absolute Gasteiger partial charge is 0.507 e. The summed E-state index contributed by atoms with van der Waals surface area (Å²) < 4.78 is 6.26. The normalized spacial score (nSPS) is 16.8. The van der Waals surface area contributed by atoms with E-state index in [4.69, 9.17) is 16.6 Å². The molecule has 6 heteroatoms. The molecule has 1 aliphatic heterocycles. The molecule has 3 rings (SSSR count). The highest BCUT2D eigenvalue weighted by Gasteiger charge is 2.30. The van der Waals surface area contributed by atoms with E-state index in [-0.39, 0.29) is 11.7 Å². The summed E-state index contributed by atoms with van der Waals surface area (Å²) in [6, 6.07) is 10.5. The second-order valence-corrected chi connectivity index (χ2v) is 6.32. The quantitative estimate of drug-likeness (QED) is 0.683. The van der Waals surface area contributed by atoms with Gasteiger partial charge in [-0.25, -0.2) is 0 Å². The third kappa shape index (κ3) is 2.67. The number of aromatic hydroxyl groups is 1. The first-order valence-electron chi connectivity index (χ1n) is 6.73. The van der Waals surface area contributed by atoms with Crippen LogP contribution in [0.5, 0.6) is 5.75 Å². The molecule has 0 radical (unpaired) electrons. The van der Waals surface area contributed by atoms with Crippen molar-refractivity contribution in [3.63, 3.8) is 0 Å². The van der Waals surface area contributed by atoms with E-state index in [1.54, 1.807) is 41.3 Å². The van der Waals surface area contributed by atoms with E-state index in [0.29, 0.717) is 32.9 Å². The maximum atomic E-state index is 12.1. The van der Waals surface area contributed by atoms with Crippen LogP contribution in [0.2, 0.25) is 0 Å². The number of hydrogen-bond acceptors (Lipinski definition) is 5. The number of benzene rings is 1. The predicted molar refractivity (Wildman–Crippen MR) is 91.4 cm³/mol. The highest BCUT2D eigenvalue weighted by molar-refractivity contribution is 8.26. The Kier molecular flexibility index (Phi) is 4.04. The van der Waals surface area contributed by atoms with E-state index in [1.807, 2.05) is 13.0 Å². The number of likely N-dealkylation sites (N-methyl/N-ethyl adjacent to an activating group) is 1. The van der Waals surface area contributed by atoms with E-state index in [0.717, 1.165) is 0 Å². The van der Waals surface area contributed by atoms with Gasteiger partial charge in [-0.1, -0.05) is 36.1 Å². The third-order valence-corrected chi connectivity index (χ3v) is 4.64. The van der Waals surface area contributed by atoms with Crippen molar-refractivity contribution >= 4 is 40.3 Å². The number of nitrogens with zero attached hydrogens (tertiary/aromatic N) is 1. The second kappa shape index (κ2) is 5.98.